The molecule has 21 heavy (non-hydrogen) atoms. The molecular formula is C16H14N2O2S. The molecule has 0 spiro atoms. The van der Waals surface area contributed by atoms with E-state index in [0.29, 0.717) is 5.56 Å². The molecule has 0 saturated heterocycles. The van der Waals surface area contributed by atoms with Crippen LogP contribution in [0.4, 0.5) is 11.4 Å². The quantitative estimate of drug-likeness (QED) is 0.871. The van der Waals surface area contributed by atoms with Crippen LogP contribution in [-0.2, 0) is 0 Å². The zero-order chi connectivity index (χ0) is 15.4. The second-order valence-corrected chi connectivity index (χ2v) is 5.23. The van der Waals surface area contributed by atoms with E-state index < -0.39 is 5.97 Å². The van der Waals surface area contributed by atoms with Crippen molar-refractivity contribution in [3.8, 4) is 6.07 Å². The molecule has 0 aromatic heterocycles. The van der Waals surface area contributed by atoms with E-state index in [0.717, 1.165) is 16.3 Å². The highest BCUT2D eigenvalue weighted by Gasteiger charge is 2.13. The maximum absolute atomic E-state index is 10.9. The molecule has 0 bridgehead atoms. The maximum Gasteiger partial charge on any atom is 0.335 e. The molecular weight excluding hydrogens is 284 g/mol. The molecule has 0 fully saturated rings. The van der Waals surface area contributed by atoms with Crippen LogP contribution in [0.1, 0.15) is 15.9 Å². The van der Waals surface area contributed by atoms with E-state index in [2.05, 4.69) is 6.07 Å². The summed E-state index contributed by atoms with van der Waals surface area (Å²) in [5.74, 6) is -0.953. The number of carboxylic acid groups (broad SMARTS) is 1. The predicted octanol–water partition coefficient (Wildman–Crippen LogP) is 3.75. The summed E-state index contributed by atoms with van der Waals surface area (Å²) in [6.45, 7) is 0. The number of nitriles is 1. The molecule has 4 nitrogen and oxygen atoms in total. The standard InChI is InChI=1S/C16H14N2O2S/c1-18(12-8-6-11(7-9-12)16(19)20)14-4-3-5-15(21-2)13(14)10-17/h3-9H,1-2H3,(H,19,20). The van der Waals surface area contributed by atoms with Crippen LogP contribution in [0, 0.1) is 11.3 Å². The Balaban J connectivity index is 2.42. The second kappa shape index (κ2) is 6.33. The number of carboxylic acids is 1. The molecule has 5 heteroatoms. The first-order valence-electron chi connectivity index (χ1n) is 6.22. The zero-order valence-corrected chi connectivity index (χ0v) is 12.5. The molecule has 106 valence electrons. The van der Waals surface area contributed by atoms with Gasteiger partial charge >= 0.3 is 5.97 Å². The van der Waals surface area contributed by atoms with Gasteiger partial charge in [-0.3, -0.25) is 0 Å². The van der Waals surface area contributed by atoms with Crippen molar-refractivity contribution in [3.63, 3.8) is 0 Å². The fraction of sp³-hybridized carbons (Fsp3) is 0.125. The van der Waals surface area contributed by atoms with E-state index in [4.69, 9.17) is 5.11 Å². The number of anilines is 2. The first-order chi connectivity index (χ1) is 10.1. The van der Waals surface area contributed by atoms with Crippen LogP contribution in [0.5, 0.6) is 0 Å². The minimum atomic E-state index is -0.953. The minimum Gasteiger partial charge on any atom is -0.478 e. The monoisotopic (exact) mass is 298 g/mol. The van der Waals surface area contributed by atoms with E-state index in [-0.39, 0.29) is 5.56 Å². The molecule has 2 aromatic carbocycles. The van der Waals surface area contributed by atoms with Crippen molar-refractivity contribution in [2.45, 2.75) is 4.90 Å². The molecule has 0 aliphatic carbocycles. The number of hydrogen-bond donors (Lipinski definition) is 1. The van der Waals surface area contributed by atoms with E-state index in [9.17, 15) is 10.1 Å². The Morgan fingerprint density at radius 3 is 2.43 bits per heavy atom. The third-order valence-electron chi connectivity index (χ3n) is 3.20. The number of benzene rings is 2. The lowest BCUT2D eigenvalue weighted by molar-refractivity contribution is 0.0697. The van der Waals surface area contributed by atoms with Gasteiger partial charge in [0.05, 0.1) is 16.8 Å². The van der Waals surface area contributed by atoms with Crippen molar-refractivity contribution in [2.24, 2.45) is 0 Å². The highest BCUT2D eigenvalue weighted by molar-refractivity contribution is 7.98. The SMILES string of the molecule is CSc1cccc(N(C)c2ccc(C(=O)O)cc2)c1C#N. The summed E-state index contributed by atoms with van der Waals surface area (Å²) < 4.78 is 0. The number of nitrogens with zero attached hydrogens (tertiary/aromatic N) is 2. The summed E-state index contributed by atoms with van der Waals surface area (Å²) in [5, 5.41) is 18.3. The Labute approximate surface area is 127 Å². The van der Waals surface area contributed by atoms with Gasteiger partial charge in [-0.25, -0.2) is 4.79 Å². The zero-order valence-electron chi connectivity index (χ0n) is 11.7. The molecule has 1 N–H and O–H groups in total. The van der Waals surface area contributed by atoms with Gasteiger partial charge in [-0.15, -0.1) is 11.8 Å². The fourth-order valence-electron chi connectivity index (χ4n) is 2.05. The van der Waals surface area contributed by atoms with Crippen LogP contribution in [0.3, 0.4) is 0 Å². The largest absolute Gasteiger partial charge is 0.478 e. The number of thioether (sulfide) groups is 1. The third kappa shape index (κ3) is 3.01. The van der Waals surface area contributed by atoms with Gasteiger partial charge in [0.2, 0.25) is 0 Å². The summed E-state index contributed by atoms with van der Waals surface area (Å²) in [4.78, 5) is 13.7. The summed E-state index contributed by atoms with van der Waals surface area (Å²) in [5.41, 5.74) is 2.49. The molecule has 0 aliphatic rings. The Kier molecular flexibility index (Phi) is 4.51. The van der Waals surface area contributed by atoms with Crippen molar-refractivity contribution in [1.82, 2.24) is 0 Å². The van der Waals surface area contributed by atoms with Crippen molar-refractivity contribution in [3.05, 3.63) is 53.6 Å². The summed E-state index contributed by atoms with van der Waals surface area (Å²) >= 11 is 1.53. The van der Waals surface area contributed by atoms with Gasteiger partial charge < -0.3 is 10.0 Å². The third-order valence-corrected chi connectivity index (χ3v) is 3.98. The highest BCUT2D eigenvalue weighted by Crippen LogP contribution is 2.32. The lowest BCUT2D eigenvalue weighted by Crippen LogP contribution is -2.11. The minimum absolute atomic E-state index is 0.241. The second-order valence-electron chi connectivity index (χ2n) is 4.38. The predicted molar refractivity (Wildman–Crippen MR) is 84.4 cm³/mol. The van der Waals surface area contributed by atoms with Crippen LogP contribution in [0.15, 0.2) is 47.4 Å². The number of rotatable bonds is 4. The Hall–Kier alpha value is -2.45. The molecule has 0 amide bonds. The first-order valence-corrected chi connectivity index (χ1v) is 7.45. The molecule has 2 aromatic rings. The molecule has 0 radical (unpaired) electrons. The van der Waals surface area contributed by atoms with Crippen molar-refractivity contribution in [1.29, 1.82) is 5.26 Å². The normalized spacial score (nSPS) is 9.95. The highest BCUT2D eigenvalue weighted by atomic mass is 32.2. The number of aromatic carboxylic acids is 1. The van der Waals surface area contributed by atoms with Crippen molar-refractivity contribution in [2.75, 3.05) is 18.2 Å². The Morgan fingerprint density at radius 1 is 1.24 bits per heavy atom. The average Bonchev–Trinajstić information content (AvgIpc) is 2.53. The summed E-state index contributed by atoms with van der Waals surface area (Å²) in [7, 11) is 1.86. The van der Waals surface area contributed by atoms with E-state index in [1.807, 2.05) is 36.4 Å². The van der Waals surface area contributed by atoms with Gasteiger partial charge in [0.15, 0.2) is 0 Å². The first kappa shape index (κ1) is 14.9. The fourth-order valence-corrected chi connectivity index (χ4v) is 2.62. The molecule has 0 unspecified atom stereocenters. The summed E-state index contributed by atoms with van der Waals surface area (Å²) in [6.07, 6.45) is 1.93. The molecule has 0 atom stereocenters. The van der Waals surface area contributed by atoms with Gasteiger partial charge in [0, 0.05) is 17.6 Å². The smallest absolute Gasteiger partial charge is 0.335 e. The van der Waals surface area contributed by atoms with E-state index in [1.165, 1.54) is 11.8 Å². The topological polar surface area (TPSA) is 64.3 Å². The van der Waals surface area contributed by atoms with Gasteiger partial charge in [0.1, 0.15) is 6.07 Å². The lowest BCUT2D eigenvalue weighted by Gasteiger charge is -2.21. The van der Waals surface area contributed by atoms with Crippen LogP contribution in [0.2, 0.25) is 0 Å². The number of carbonyl (C=O) groups is 1. The average molecular weight is 298 g/mol. The molecule has 2 rings (SSSR count). The van der Waals surface area contributed by atoms with Gasteiger partial charge in [0.25, 0.3) is 0 Å². The molecule has 0 aliphatic heterocycles. The van der Waals surface area contributed by atoms with Crippen LogP contribution in [-0.4, -0.2) is 24.4 Å². The van der Waals surface area contributed by atoms with Crippen molar-refractivity contribution >= 4 is 29.1 Å². The van der Waals surface area contributed by atoms with Crippen LogP contribution >= 0.6 is 11.8 Å². The van der Waals surface area contributed by atoms with Gasteiger partial charge in [-0.2, -0.15) is 5.26 Å². The van der Waals surface area contributed by atoms with E-state index in [1.54, 1.807) is 24.3 Å². The maximum atomic E-state index is 10.9. The summed E-state index contributed by atoms with van der Waals surface area (Å²) in [6, 6.07) is 14.5. The molecule has 0 saturated carbocycles. The van der Waals surface area contributed by atoms with E-state index >= 15 is 0 Å². The lowest BCUT2D eigenvalue weighted by atomic mass is 10.1. The Morgan fingerprint density at radius 2 is 1.90 bits per heavy atom. The van der Waals surface area contributed by atoms with Crippen LogP contribution in [0.25, 0.3) is 0 Å². The van der Waals surface area contributed by atoms with Crippen molar-refractivity contribution < 1.29 is 9.90 Å². The Bertz CT molecular complexity index is 705. The number of hydrogen-bond acceptors (Lipinski definition) is 4. The molecule has 0 heterocycles. The van der Waals surface area contributed by atoms with Crippen LogP contribution < -0.4 is 4.90 Å². The van der Waals surface area contributed by atoms with Gasteiger partial charge in [-0.1, -0.05) is 6.07 Å². The van der Waals surface area contributed by atoms with Gasteiger partial charge in [-0.05, 0) is 42.7 Å².